The molecule has 1 aromatic heterocycles. The molecule has 0 radical (unpaired) electrons. The Morgan fingerprint density at radius 1 is 1.22 bits per heavy atom. The van der Waals surface area contributed by atoms with E-state index < -0.39 is 12.0 Å². The number of aromatic nitrogens is 1. The van der Waals surface area contributed by atoms with Gasteiger partial charge in [0, 0.05) is 29.8 Å². The number of piperidine rings is 1. The average molecular weight is 310 g/mol. The van der Waals surface area contributed by atoms with Crippen molar-refractivity contribution in [3.8, 4) is 0 Å². The van der Waals surface area contributed by atoms with Crippen molar-refractivity contribution < 1.29 is 14.7 Å². The van der Waals surface area contributed by atoms with Crippen LogP contribution >= 0.6 is 0 Å². The van der Waals surface area contributed by atoms with E-state index in [0.717, 1.165) is 29.3 Å². The van der Waals surface area contributed by atoms with E-state index in [1.807, 2.05) is 30.3 Å². The standard InChI is InChI=1S/C18H18N2O3/c21-16(20-12-2-1-8-15(20)18(22)23)10-9-14-6-3-5-13-7-4-11-19-17(13)14/h3-7,9-11,15H,1-2,8,12H2,(H,22,23)/b10-9+. The van der Waals surface area contributed by atoms with Crippen molar-refractivity contribution in [3.63, 3.8) is 0 Å². The van der Waals surface area contributed by atoms with Gasteiger partial charge in [-0.1, -0.05) is 24.3 Å². The number of hydrogen-bond donors (Lipinski definition) is 1. The molecule has 23 heavy (non-hydrogen) atoms. The Labute approximate surface area is 134 Å². The minimum atomic E-state index is -0.932. The summed E-state index contributed by atoms with van der Waals surface area (Å²) in [6, 6.07) is 8.89. The van der Waals surface area contributed by atoms with E-state index in [1.165, 1.54) is 11.0 Å². The summed E-state index contributed by atoms with van der Waals surface area (Å²) in [4.78, 5) is 29.5. The molecule has 1 atom stereocenters. The van der Waals surface area contributed by atoms with Crippen LogP contribution in [0.4, 0.5) is 0 Å². The Kier molecular flexibility index (Phi) is 4.37. The molecule has 5 heteroatoms. The highest BCUT2D eigenvalue weighted by atomic mass is 16.4. The number of benzene rings is 1. The lowest BCUT2D eigenvalue weighted by atomic mass is 10.0. The Morgan fingerprint density at radius 2 is 2.04 bits per heavy atom. The Balaban J connectivity index is 1.83. The van der Waals surface area contributed by atoms with E-state index in [-0.39, 0.29) is 5.91 Å². The van der Waals surface area contributed by atoms with Gasteiger partial charge < -0.3 is 10.0 Å². The first kappa shape index (κ1) is 15.2. The SMILES string of the molecule is O=C(O)C1CCCCN1C(=O)/C=C/c1cccc2cccnc12. The number of hydrogen-bond acceptors (Lipinski definition) is 3. The maximum Gasteiger partial charge on any atom is 0.326 e. The number of carboxylic acids is 1. The van der Waals surface area contributed by atoms with Gasteiger partial charge in [-0.15, -0.1) is 0 Å². The predicted octanol–water partition coefficient (Wildman–Crippen LogP) is 2.71. The quantitative estimate of drug-likeness (QED) is 0.885. The summed E-state index contributed by atoms with van der Waals surface area (Å²) in [5, 5.41) is 10.3. The molecule has 2 aromatic rings. The third-order valence-corrected chi connectivity index (χ3v) is 4.14. The number of fused-ring (bicyclic) bond motifs is 1. The minimum absolute atomic E-state index is 0.259. The fourth-order valence-corrected chi connectivity index (χ4v) is 2.97. The molecule has 3 rings (SSSR count). The molecular formula is C18H18N2O3. The molecule has 2 heterocycles. The number of likely N-dealkylation sites (tertiary alicyclic amines) is 1. The fraction of sp³-hybridized carbons (Fsp3) is 0.278. The van der Waals surface area contributed by atoms with Crippen LogP contribution in [0.2, 0.25) is 0 Å². The molecule has 0 spiro atoms. The highest BCUT2D eigenvalue weighted by Crippen LogP contribution is 2.20. The van der Waals surface area contributed by atoms with Gasteiger partial charge >= 0.3 is 5.97 Å². The van der Waals surface area contributed by atoms with Crippen molar-refractivity contribution in [1.82, 2.24) is 9.88 Å². The van der Waals surface area contributed by atoms with Crippen LogP contribution < -0.4 is 0 Å². The van der Waals surface area contributed by atoms with Crippen molar-refractivity contribution in [3.05, 3.63) is 48.2 Å². The molecule has 1 N–H and O–H groups in total. The molecule has 5 nitrogen and oxygen atoms in total. The van der Waals surface area contributed by atoms with Gasteiger partial charge in [0.05, 0.1) is 5.52 Å². The average Bonchev–Trinajstić information content (AvgIpc) is 2.59. The van der Waals surface area contributed by atoms with E-state index >= 15 is 0 Å². The van der Waals surface area contributed by atoms with Gasteiger partial charge in [0.15, 0.2) is 0 Å². The fourth-order valence-electron chi connectivity index (χ4n) is 2.97. The van der Waals surface area contributed by atoms with Crippen LogP contribution in [0, 0.1) is 0 Å². The van der Waals surface area contributed by atoms with Gasteiger partial charge in [0.25, 0.3) is 0 Å². The summed E-state index contributed by atoms with van der Waals surface area (Å²) < 4.78 is 0. The van der Waals surface area contributed by atoms with Crippen molar-refractivity contribution in [2.45, 2.75) is 25.3 Å². The number of rotatable bonds is 3. The van der Waals surface area contributed by atoms with Gasteiger partial charge in [0.2, 0.25) is 5.91 Å². The summed E-state index contributed by atoms with van der Waals surface area (Å²) in [5.74, 6) is -1.19. The highest BCUT2D eigenvalue weighted by molar-refractivity contribution is 5.97. The molecular weight excluding hydrogens is 292 g/mol. The molecule has 1 saturated heterocycles. The van der Waals surface area contributed by atoms with Crippen molar-refractivity contribution in [2.75, 3.05) is 6.54 Å². The molecule has 1 aliphatic rings. The second kappa shape index (κ2) is 6.60. The number of aliphatic carboxylic acids is 1. The van der Waals surface area contributed by atoms with Crippen LogP contribution in [-0.4, -0.2) is 39.5 Å². The highest BCUT2D eigenvalue weighted by Gasteiger charge is 2.30. The van der Waals surface area contributed by atoms with E-state index in [1.54, 1.807) is 12.3 Å². The van der Waals surface area contributed by atoms with E-state index in [4.69, 9.17) is 0 Å². The van der Waals surface area contributed by atoms with Gasteiger partial charge in [-0.3, -0.25) is 9.78 Å². The largest absolute Gasteiger partial charge is 0.480 e. The zero-order valence-corrected chi connectivity index (χ0v) is 12.7. The number of pyridine rings is 1. The molecule has 118 valence electrons. The Morgan fingerprint density at radius 3 is 2.87 bits per heavy atom. The summed E-state index contributed by atoms with van der Waals surface area (Å²) in [7, 11) is 0. The lowest BCUT2D eigenvalue weighted by Crippen LogP contribution is -2.47. The smallest absolute Gasteiger partial charge is 0.326 e. The molecule has 1 fully saturated rings. The van der Waals surface area contributed by atoms with Gasteiger partial charge in [-0.05, 0) is 31.4 Å². The van der Waals surface area contributed by atoms with Crippen LogP contribution in [-0.2, 0) is 9.59 Å². The molecule has 0 aliphatic carbocycles. The van der Waals surface area contributed by atoms with Crippen LogP contribution in [0.5, 0.6) is 0 Å². The van der Waals surface area contributed by atoms with Crippen molar-refractivity contribution >= 4 is 28.9 Å². The Bertz CT molecular complexity index is 764. The monoisotopic (exact) mass is 310 g/mol. The number of carboxylic acid groups (broad SMARTS) is 1. The topological polar surface area (TPSA) is 70.5 Å². The van der Waals surface area contributed by atoms with Gasteiger partial charge in [-0.2, -0.15) is 0 Å². The number of carbonyl (C=O) groups is 2. The second-order valence-electron chi connectivity index (χ2n) is 5.64. The van der Waals surface area contributed by atoms with Crippen LogP contribution in [0.15, 0.2) is 42.6 Å². The van der Waals surface area contributed by atoms with Crippen molar-refractivity contribution in [1.29, 1.82) is 0 Å². The zero-order valence-electron chi connectivity index (χ0n) is 12.7. The first-order valence-corrected chi connectivity index (χ1v) is 7.72. The summed E-state index contributed by atoms with van der Waals surface area (Å²) in [6.07, 6.45) is 7.09. The van der Waals surface area contributed by atoms with E-state index in [2.05, 4.69) is 4.98 Å². The summed E-state index contributed by atoms with van der Waals surface area (Å²) in [5.41, 5.74) is 1.67. The van der Waals surface area contributed by atoms with E-state index in [9.17, 15) is 14.7 Å². The molecule has 0 saturated carbocycles. The third-order valence-electron chi connectivity index (χ3n) is 4.14. The van der Waals surface area contributed by atoms with Crippen molar-refractivity contribution in [2.24, 2.45) is 0 Å². The molecule has 0 bridgehead atoms. The number of nitrogens with zero attached hydrogens (tertiary/aromatic N) is 2. The zero-order chi connectivity index (χ0) is 16.2. The first-order valence-electron chi connectivity index (χ1n) is 7.72. The van der Waals surface area contributed by atoms with Gasteiger partial charge in [-0.25, -0.2) is 4.79 Å². The molecule has 1 aliphatic heterocycles. The summed E-state index contributed by atoms with van der Waals surface area (Å²) >= 11 is 0. The first-order chi connectivity index (χ1) is 11.2. The van der Waals surface area contributed by atoms with E-state index in [0.29, 0.717) is 13.0 Å². The molecule has 1 aromatic carbocycles. The molecule has 1 unspecified atom stereocenters. The predicted molar refractivity (Wildman–Crippen MR) is 87.8 cm³/mol. The lowest BCUT2D eigenvalue weighted by molar-refractivity contribution is -0.150. The number of para-hydroxylation sites is 1. The maximum absolute atomic E-state index is 12.4. The van der Waals surface area contributed by atoms with Crippen LogP contribution in [0.3, 0.4) is 0 Å². The minimum Gasteiger partial charge on any atom is -0.480 e. The molecule has 1 amide bonds. The third kappa shape index (κ3) is 3.23. The maximum atomic E-state index is 12.4. The lowest BCUT2D eigenvalue weighted by Gasteiger charge is -2.32. The summed E-state index contributed by atoms with van der Waals surface area (Å²) in [6.45, 7) is 0.494. The van der Waals surface area contributed by atoms with Crippen LogP contribution in [0.1, 0.15) is 24.8 Å². The normalized spacial score (nSPS) is 18.4. The second-order valence-corrected chi connectivity index (χ2v) is 5.64. The number of amides is 1. The Hall–Kier alpha value is -2.69. The van der Waals surface area contributed by atoms with Gasteiger partial charge in [0.1, 0.15) is 6.04 Å². The van der Waals surface area contributed by atoms with Crippen LogP contribution in [0.25, 0.3) is 17.0 Å². The number of carbonyl (C=O) groups excluding carboxylic acids is 1.